The zero-order valence-corrected chi connectivity index (χ0v) is 8.85. The van der Waals surface area contributed by atoms with Crippen LogP contribution in [0.5, 0.6) is 5.75 Å². The van der Waals surface area contributed by atoms with Crippen molar-refractivity contribution in [2.75, 3.05) is 6.61 Å². The highest BCUT2D eigenvalue weighted by atomic mass is 16.6. The molecule has 1 aromatic carbocycles. The molecule has 7 heteroatoms. The van der Waals surface area contributed by atoms with Crippen LogP contribution in [0, 0.1) is 10.1 Å². The minimum absolute atomic E-state index is 0.0939. The maximum absolute atomic E-state index is 10.6. The van der Waals surface area contributed by atoms with E-state index < -0.39 is 28.6 Å². The lowest BCUT2D eigenvalue weighted by Crippen LogP contribution is -2.19. The normalized spacial score (nSPS) is 14.3. The van der Waals surface area contributed by atoms with E-state index >= 15 is 0 Å². The Morgan fingerprint density at radius 3 is 2.53 bits per heavy atom. The summed E-state index contributed by atoms with van der Waals surface area (Å²) in [5.41, 5.74) is -0.683. The molecule has 4 N–H and O–H groups in total. The molecule has 17 heavy (non-hydrogen) atoms. The van der Waals surface area contributed by atoms with Crippen LogP contribution in [0.15, 0.2) is 18.2 Å². The van der Waals surface area contributed by atoms with Gasteiger partial charge in [0.25, 0.3) is 0 Å². The van der Waals surface area contributed by atoms with Gasteiger partial charge in [0.05, 0.1) is 11.0 Å². The van der Waals surface area contributed by atoms with E-state index in [1.165, 1.54) is 12.1 Å². The van der Waals surface area contributed by atoms with Crippen LogP contribution in [-0.2, 0) is 0 Å². The number of nitro groups is 1. The van der Waals surface area contributed by atoms with E-state index in [0.29, 0.717) is 0 Å². The number of aliphatic hydroxyl groups excluding tert-OH is 3. The van der Waals surface area contributed by atoms with Crippen molar-refractivity contribution in [3.8, 4) is 5.75 Å². The molecule has 1 rings (SSSR count). The Hall–Kier alpha value is -1.70. The molecule has 0 aromatic heterocycles. The first-order valence-corrected chi connectivity index (χ1v) is 4.92. The van der Waals surface area contributed by atoms with Crippen LogP contribution in [0.4, 0.5) is 5.69 Å². The molecule has 0 fully saturated rings. The maximum Gasteiger partial charge on any atom is 0.311 e. The van der Waals surface area contributed by atoms with E-state index in [1.807, 2.05) is 0 Å². The highest BCUT2D eigenvalue weighted by molar-refractivity contribution is 5.51. The number of nitro benzene ring substituents is 1. The Morgan fingerprint density at radius 2 is 2.00 bits per heavy atom. The molecule has 0 saturated heterocycles. The van der Waals surface area contributed by atoms with Crippen LogP contribution < -0.4 is 0 Å². The number of phenols is 1. The van der Waals surface area contributed by atoms with E-state index in [9.17, 15) is 25.4 Å². The van der Waals surface area contributed by atoms with E-state index in [1.54, 1.807) is 0 Å². The van der Waals surface area contributed by atoms with Crippen molar-refractivity contribution in [3.05, 3.63) is 33.9 Å². The minimum Gasteiger partial charge on any atom is -0.502 e. The van der Waals surface area contributed by atoms with Gasteiger partial charge in [-0.3, -0.25) is 10.1 Å². The van der Waals surface area contributed by atoms with Crippen molar-refractivity contribution in [2.45, 2.75) is 18.6 Å². The summed E-state index contributed by atoms with van der Waals surface area (Å²) >= 11 is 0. The molecule has 0 bridgehead atoms. The highest BCUT2D eigenvalue weighted by Crippen LogP contribution is 2.34. The van der Waals surface area contributed by atoms with Gasteiger partial charge in [-0.05, 0) is 6.42 Å². The number of para-hydroxylation sites is 1. The van der Waals surface area contributed by atoms with Gasteiger partial charge in [0, 0.05) is 18.2 Å². The molecule has 2 unspecified atom stereocenters. The SMILES string of the molecule is O=[N+]([O-])c1cccc(C(O)C(O)CCO)c1O. The number of hydrogen-bond acceptors (Lipinski definition) is 6. The fourth-order valence-corrected chi connectivity index (χ4v) is 1.43. The summed E-state index contributed by atoms with van der Waals surface area (Å²) in [4.78, 5) is 9.77. The van der Waals surface area contributed by atoms with Crippen LogP contribution in [0.1, 0.15) is 18.1 Å². The third kappa shape index (κ3) is 2.90. The van der Waals surface area contributed by atoms with Crippen molar-refractivity contribution in [2.24, 2.45) is 0 Å². The Kier molecular flexibility index (Phi) is 4.38. The first-order valence-electron chi connectivity index (χ1n) is 4.92. The molecule has 0 radical (unpaired) electrons. The van der Waals surface area contributed by atoms with Crippen LogP contribution in [-0.4, -0.2) is 38.1 Å². The van der Waals surface area contributed by atoms with Gasteiger partial charge in [0.2, 0.25) is 0 Å². The van der Waals surface area contributed by atoms with Gasteiger partial charge in [0.1, 0.15) is 6.10 Å². The minimum atomic E-state index is -1.48. The van der Waals surface area contributed by atoms with Crippen LogP contribution >= 0.6 is 0 Å². The zero-order valence-electron chi connectivity index (χ0n) is 8.85. The van der Waals surface area contributed by atoms with E-state index in [0.717, 1.165) is 6.07 Å². The fraction of sp³-hybridized carbons (Fsp3) is 0.400. The topological polar surface area (TPSA) is 124 Å². The van der Waals surface area contributed by atoms with Gasteiger partial charge in [-0.15, -0.1) is 0 Å². The summed E-state index contributed by atoms with van der Waals surface area (Å²) in [5.74, 6) is -0.679. The lowest BCUT2D eigenvalue weighted by atomic mass is 10.0. The van der Waals surface area contributed by atoms with Crippen molar-refractivity contribution in [1.82, 2.24) is 0 Å². The predicted molar refractivity (Wildman–Crippen MR) is 57.4 cm³/mol. The first-order chi connectivity index (χ1) is 7.99. The predicted octanol–water partition coefficient (Wildman–Crippen LogP) is 0.0771. The number of rotatable bonds is 5. The second-order valence-corrected chi connectivity index (χ2v) is 3.50. The largest absolute Gasteiger partial charge is 0.502 e. The molecular weight excluding hydrogens is 230 g/mol. The summed E-state index contributed by atoms with van der Waals surface area (Å²) in [6, 6.07) is 3.65. The zero-order chi connectivity index (χ0) is 13.0. The monoisotopic (exact) mass is 243 g/mol. The Labute approximate surface area is 96.7 Å². The second-order valence-electron chi connectivity index (χ2n) is 3.50. The van der Waals surface area contributed by atoms with E-state index in [-0.39, 0.29) is 18.6 Å². The van der Waals surface area contributed by atoms with Crippen molar-refractivity contribution < 1.29 is 25.3 Å². The quantitative estimate of drug-likeness (QED) is 0.428. The third-order valence-electron chi connectivity index (χ3n) is 2.35. The number of hydrogen-bond donors (Lipinski definition) is 4. The van der Waals surface area contributed by atoms with Crippen molar-refractivity contribution in [1.29, 1.82) is 0 Å². The molecule has 0 saturated carbocycles. The molecule has 0 aliphatic rings. The number of nitrogens with zero attached hydrogens (tertiary/aromatic N) is 1. The Bertz CT molecular complexity index is 408. The lowest BCUT2D eigenvalue weighted by Gasteiger charge is -2.17. The molecule has 94 valence electrons. The third-order valence-corrected chi connectivity index (χ3v) is 2.35. The number of aliphatic hydroxyl groups is 3. The van der Waals surface area contributed by atoms with Crippen LogP contribution in [0.2, 0.25) is 0 Å². The molecule has 0 spiro atoms. The summed E-state index contributed by atoms with van der Waals surface area (Å²) in [5, 5.41) is 47.8. The summed E-state index contributed by atoms with van der Waals surface area (Å²) in [6.07, 6.45) is -2.88. The molecule has 7 nitrogen and oxygen atoms in total. The van der Waals surface area contributed by atoms with Crippen molar-refractivity contribution in [3.63, 3.8) is 0 Å². The Balaban J connectivity index is 3.06. The highest BCUT2D eigenvalue weighted by Gasteiger charge is 2.25. The maximum atomic E-state index is 10.6. The molecule has 2 atom stereocenters. The number of aromatic hydroxyl groups is 1. The van der Waals surface area contributed by atoms with Crippen LogP contribution in [0.3, 0.4) is 0 Å². The summed E-state index contributed by atoms with van der Waals surface area (Å²) < 4.78 is 0. The Morgan fingerprint density at radius 1 is 1.35 bits per heavy atom. The summed E-state index contributed by atoms with van der Waals surface area (Å²) in [6.45, 7) is -0.339. The second kappa shape index (κ2) is 5.58. The first kappa shape index (κ1) is 13.4. The molecule has 0 aliphatic heterocycles. The molecular formula is C10H13NO6. The van der Waals surface area contributed by atoms with E-state index in [2.05, 4.69) is 0 Å². The fourth-order valence-electron chi connectivity index (χ4n) is 1.43. The lowest BCUT2D eigenvalue weighted by molar-refractivity contribution is -0.386. The standard InChI is InChI=1S/C10H13NO6/c12-5-4-8(13)10(15)6-2-1-3-7(9(6)14)11(16)17/h1-3,8,10,12-15H,4-5H2. The molecule has 1 aromatic rings. The smallest absolute Gasteiger partial charge is 0.311 e. The molecule has 0 heterocycles. The molecule has 0 amide bonds. The number of phenolic OH excluding ortho intramolecular Hbond substituents is 1. The van der Waals surface area contributed by atoms with Crippen LogP contribution in [0.25, 0.3) is 0 Å². The summed E-state index contributed by atoms with van der Waals surface area (Å²) in [7, 11) is 0. The average molecular weight is 243 g/mol. The van der Waals surface area contributed by atoms with Gasteiger partial charge in [-0.25, -0.2) is 0 Å². The average Bonchev–Trinajstić information content (AvgIpc) is 2.28. The van der Waals surface area contributed by atoms with Gasteiger partial charge >= 0.3 is 5.69 Å². The van der Waals surface area contributed by atoms with Gasteiger partial charge in [0.15, 0.2) is 5.75 Å². The van der Waals surface area contributed by atoms with Crippen molar-refractivity contribution >= 4 is 5.69 Å². The number of benzene rings is 1. The molecule has 0 aliphatic carbocycles. The van der Waals surface area contributed by atoms with E-state index in [4.69, 9.17) is 5.11 Å². The van der Waals surface area contributed by atoms with Gasteiger partial charge < -0.3 is 20.4 Å². The van der Waals surface area contributed by atoms with Gasteiger partial charge in [-0.2, -0.15) is 0 Å². The van der Waals surface area contributed by atoms with Gasteiger partial charge in [-0.1, -0.05) is 12.1 Å².